The van der Waals surface area contributed by atoms with Crippen LogP contribution in [0.2, 0.25) is 0 Å². The molecule has 0 bridgehead atoms. The molecule has 0 spiro atoms. The molecule has 0 aromatic heterocycles. The molecule has 4 nitrogen and oxygen atoms in total. The first-order valence-electron chi connectivity index (χ1n) is 8.48. The number of benzene rings is 1. The molecule has 2 fully saturated rings. The van der Waals surface area contributed by atoms with Gasteiger partial charge in [0.15, 0.2) is 11.5 Å². The van der Waals surface area contributed by atoms with Crippen molar-refractivity contribution >= 4 is 0 Å². The van der Waals surface area contributed by atoms with E-state index in [9.17, 15) is 0 Å². The minimum atomic E-state index is 0.824. The lowest BCUT2D eigenvalue weighted by Gasteiger charge is -2.38. The van der Waals surface area contributed by atoms with Crippen LogP contribution in [0.4, 0.5) is 0 Å². The van der Waals surface area contributed by atoms with Crippen LogP contribution in [-0.2, 0) is 6.54 Å². The summed E-state index contributed by atoms with van der Waals surface area (Å²) in [6, 6.07) is 7.00. The van der Waals surface area contributed by atoms with Crippen LogP contribution < -0.4 is 9.47 Å². The van der Waals surface area contributed by atoms with Crippen molar-refractivity contribution in [3.05, 3.63) is 23.8 Å². The summed E-state index contributed by atoms with van der Waals surface area (Å²) in [5.41, 5.74) is 1.22. The van der Waals surface area contributed by atoms with Gasteiger partial charge in [0.1, 0.15) is 0 Å². The first kappa shape index (κ1) is 15.6. The summed E-state index contributed by atoms with van der Waals surface area (Å²) >= 11 is 0. The smallest absolute Gasteiger partial charge is 0.165 e. The number of methoxy groups -OCH3 is 2. The Bertz CT molecular complexity index is 478. The lowest BCUT2D eigenvalue weighted by molar-refractivity contribution is 0.0931. The van der Waals surface area contributed by atoms with Gasteiger partial charge in [0.2, 0.25) is 0 Å². The number of rotatable bonds is 5. The highest BCUT2D eigenvalue weighted by Gasteiger charge is 2.26. The average Bonchev–Trinajstić information content (AvgIpc) is 3.09. The largest absolute Gasteiger partial charge is 0.493 e. The molecule has 0 atom stereocenters. The second-order valence-corrected chi connectivity index (χ2v) is 6.40. The van der Waals surface area contributed by atoms with E-state index in [1.54, 1.807) is 14.2 Å². The fourth-order valence-corrected chi connectivity index (χ4v) is 3.88. The molecule has 1 aliphatic heterocycles. The lowest BCUT2D eigenvalue weighted by Crippen LogP contribution is -2.49. The van der Waals surface area contributed by atoms with E-state index >= 15 is 0 Å². The molecule has 0 unspecified atom stereocenters. The second-order valence-electron chi connectivity index (χ2n) is 6.40. The van der Waals surface area contributed by atoms with Crippen molar-refractivity contribution in [1.29, 1.82) is 0 Å². The molecule has 1 aliphatic carbocycles. The Kier molecular flexibility index (Phi) is 5.21. The van der Waals surface area contributed by atoms with Gasteiger partial charge in [-0.05, 0) is 18.9 Å². The minimum Gasteiger partial charge on any atom is -0.493 e. The highest BCUT2D eigenvalue weighted by Crippen LogP contribution is 2.32. The zero-order valence-electron chi connectivity index (χ0n) is 13.9. The van der Waals surface area contributed by atoms with E-state index in [4.69, 9.17) is 9.47 Å². The van der Waals surface area contributed by atoms with Crippen molar-refractivity contribution in [3.63, 3.8) is 0 Å². The topological polar surface area (TPSA) is 24.9 Å². The standard InChI is InChI=1S/C18H28N2O2/c1-21-17-9-5-6-15(18(17)22-2)14-19-10-12-20(13-11-19)16-7-3-4-8-16/h5-6,9,16H,3-4,7-8,10-14H2,1-2H3. The maximum absolute atomic E-state index is 5.55. The van der Waals surface area contributed by atoms with E-state index in [2.05, 4.69) is 15.9 Å². The molecule has 122 valence electrons. The quantitative estimate of drug-likeness (QED) is 0.835. The van der Waals surface area contributed by atoms with Crippen LogP contribution in [0.15, 0.2) is 18.2 Å². The number of piperazine rings is 1. The van der Waals surface area contributed by atoms with Gasteiger partial charge in [0.25, 0.3) is 0 Å². The maximum atomic E-state index is 5.55. The SMILES string of the molecule is COc1cccc(CN2CCN(C3CCCC3)CC2)c1OC. The Balaban J connectivity index is 1.58. The van der Waals surface area contributed by atoms with Gasteiger partial charge in [-0.2, -0.15) is 0 Å². The summed E-state index contributed by atoms with van der Waals surface area (Å²) in [6.45, 7) is 5.65. The first-order chi connectivity index (χ1) is 10.8. The summed E-state index contributed by atoms with van der Waals surface area (Å²) in [5, 5.41) is 0. The van der Waals surface area contributed by atoms with E-state index in [-0.39, 0.29) is 0 Å². The number of ether oxygens (including phenoxy) is 2. The summed E-state index contributed by atoms with van der Waals surface area (Å²) in [4.78, 5) is 5.23. The predicted octanol–water partition coefficient (Wildman–Crippen LogP) is 2.76. The third-order valence-corrected chi connectivity index (χ3v) is 5.13. The second kappa shape index (κ2) is 7.34. The monoisotopic (exact) mass is 304 g/mol. The molecule has 1 heterocycles. The van der Waals surface area contributed by atoms with E-state index in [0.29, 0.717) is 0 Å². The fraction of sp³-hybridized carbons (Fsp3) is 0.667. The molecule has 0 radical (unpaired) electrons. The predicted molar refractivity (Wildman–Crippen MR) is 88.7 cm³/mol. The van der Waals surface area contributed by atoms with Crippen molar-refractivity contribution in [2.45, 2.75) is 38.3 Å². The summed E-state index contributed by atoms with van der Waals surface area (Å²) in [6.07, 6.45) is 5.66. The third kappa shape index (κ3) is 3.39. The molecular formula is C18H28N2O2. The molecule has 4 heteroatoms. The first-order valence-corrected chi connectivity index (χ1v) is 8.48. The van der Waals surface area contributed by atoms with Gasteiger partial charge in [0.05, 0.1) is 14.2 Å². The molecule has 3 rings (SSSR count). The normalized spacial score (nSPS) is 21.2. The van der Waals surface area contributed by atoms with Crippen molar-refractivity contribution in [2.24, 2.45) is 0 Å². The zero-order chi connectivity index (χ0) is 15.4. The van der Waals surface area contributed by atoms with Gasteiger partial charge in [-0.25, -0.2) is 0 Å². The summed E-state index contributed by atoms with van der Waals surface area (Å²) in [5.74, 6) is 1.70. The zero-order valence-corrected chi connectivity index (χ0v) is 13.9. The van der Waals surface area contributed by atoms with Crippen LogP contribution in [0.3, 0.4) is 0 Å². The van der Waals surface area contributed by atoms with E-state index in [0.717, 1.165) is 37.2 Å². The maximum Gasteiger partial charge on any atom is 0.165 e. The molecule has 0 amide bonds. The Morgan fingerprint density at radius 2 is 1.73 bits per heavy atom. The molecule has 1 saturated heterocycles. The van der Waals surface area contributed by atoms with Crippen LogP contribution in [0.25, 0.3) is 0 Å². The van der Waals surface area contributed by atoms with Crippen molar-refractivity contribution in [2.75, 3.05) is 40.4 Å². The highest BCUT2D eigenvalue weighted by atomic mass is 16.5. The van der Waals surface area contributed by atoms with Crippen molar-refractivity contribution in [3.8, 4) is 11.5 Å². The Labute approximate surface area is 134 Å². The molecule has 2 aliphatic rings. The number of hydrogen-bond acceptors (Lipinski definition) is 4. The van der Waals surface area contributed by atoms with Gasteiger partial charge in [-0.1, -0.05) is 25.0 Å². The van der Waals surface area contributed by atoms with Gasteiger partial charge in [-0.15, -0.1) is 0 Å². The van der Waals surface area contributed by atoms with Gasteiger partial charge in [-0.3, -0.25) is 9.80 Å². The highest BCUT2D eigenvalue weighted by molar-refractivity contribution is 5.46. The summed E-state index contributed by atoms with van der Waals surface area (Å²) < 4.78 is 10.9. The number of para-hydroxylation sites is 1. The van der Waals surface area contributed by atoms with Gasteiger partial charge in [0, 0.05) is 44.3 Å². The van der Waals surface area contributed by atoms with Gasteiger partial charge >= 0.3 is 0 Å². The number of hydrogen-bond donors (Lipinski definition) is 0. The van der Waals surface area contributed by atoms with Crippen LogP contribution in [-0.4, -0.2) is 56.2 Å². The Hall–Kier alpha value is -1.26. The van der Waals surface area contributed by atoms with Crippen molar-refractivity contribution < 1.29 is 9.47 Å². The van der Waals surface area contributed by atoms with Crippen LogP contribution in [0, 0.1) is 0 Å². The number of nitrogens with zero attached hydrogens (tertiary/aromatic N) is 2. The lowest BCUT2D eigenvalue weighted by atomic mass is 10.1. The van der Waals surface area contributed by atoms with E-state index < -0.39 is 0 Å². The van der Waals surface area contributed by atoms with E-state index in [1.807, 2.05) is 12.1 Å². The van der Waals surface area contributed by atoms with E-state index in [1.165, 1.54) is 44.3 Å². The van der Waals surface area contributed by atoms with Crippen LogP contribution in [0.1, 0.15) is 31.2 Å². The average molecular weight is 304 g/mol. The van der Waals surface area contributed by atoms with Gasteiger partial charge < -0.3 is 9.47 Å². The molecular weight excluding hydrogens is 276 g/mol. The molecule has 0 N–H and O–H groups in total. The molecule has 1 aromatic rings. The molecule has 22 heavy (non-hydrogen) atoms. The van der Waals surface area contributed by atoms with Crippen LogP contribution in [0.5, 0.6) is 11.5 Å². The Morgan fingerprint density at radius 3 is 2.36 bits per heavy atom. The fourth-order valence-electron chi connectivity index (χ4n) is 3.88. The summed E-state index contributed by atoms with van der Waals surface area (Å²) in [7, 11) is 3.42. The minimum absolute atomic E-state index is 0.824. The third-order valence-electron chi connectivity index (χ3n) is 5.13. The van der Waals surface area contributed by atoms with Crippen LogP contribution >= 0.6 is 0 Å². The molecule has 1 saturated carbocycles. The Morgan fingerprint density at radius 1 is 1.00 bits per heavy atom. The van der Waals surface area contributed by atoms with Crippen molar-refractivity contribution in [1.82, 2.24) is 9.80 Å². The molecule has 1 aromatic carbocycles.